The highest BCUT2D eigenvalue weighted by atomic mass is 19.1. The molecule has 0 fully saturated rings. The molecule has 3 aromatic rings. The summed E-state index contributed by atoms with van der Waals surface area (Å²) in [7, 11) is 0. The van der Waals surface area contributed by atoms with Crippen molar-refractivity contribution in [2.75, 3.05) is 29.0 Å². The van der Waals surface area contributed by atoms with Crippen LogP contribution in [0.5, 0.6) is 0 Å². The van der Waals surface area contributed by atoms with Crippen LogP contribution in [0.15, 0.2) is 24.3 Å². The van der Waals surface area contributed by atoms with E-state index in [0.29, 0.717) is 17.3 Å². The molecule has 0 aliphatic carbocycles. The number of halogens is 1. The lowest BCUT2D eigenvalue weighted by atomic mass is 10.1. The number of nitrogen functional groups attached to an aromatic ring is 1. The molecule has 0 amide bonds. The second kappa shape index (κ2) is 7.69. The van der Waals surface area contributed by atoms with Crippen molar-refractivity contribution in [3.63, 3.8) is 0 Å². The minimum absolute atomic E-state index is 0.135. The van der Waals surface area contributed by atoms with E-state index in [9.17, 15) is 4.39 Å². The predicted octanol–water partition coefficient (Wildman–Crippen LogP) is 3.47. The highest BCUT2D eigenvalue weighted by molar-refractivity contribution is 5.82. The molecule has 1 atom stereocenters. The maximum absolute atomic E-state index is 13.7. The standard InChI is InChI=1S/C19H24FN7/c1-5-27(6-2)17-15(9-13-7-8-14(20)10-16(13)25-17)11(3)22-19-24-12(4)23-18(21)26-19/h7-11H,5-6H2,1-4H3,(H3,21,22,23,24,26)/t11-/m0/s1. The van der Waals surface area contributed by atoms with Gasteiger partial charge in [-0.15, -0.1) is 0 Å². The molecule has 142 valence electrons. The molecule has 3 rings (SSSR count). The summed E-state index contributed by atoms with van der Waals surface area (Å²) in [5, 5.41) is 4.15. The molecule has 7 nitrogen and oxygen atoms in total. The highest BCUT2D eigenvalue weighted by Gasteiger charge is 2.18. The first-order chi connectivity index (χ1) is 12.9. The molecule has 3 N–H and O–H groups in total. The van der Waals surface area contributed by atoms with E-state index >= 15 is 0 Å². The third-order valence-electron chi connectivity index (χ3n) is 4.43. The Balaban J connectivity index is 2.06. The third-order valence-corrected chi connectivity index (χ3v) is 4.43. The molecule has 0 bridgehead atoms. The fourth-order valence-electron chi connectivity index (χ4n) is 3.08. The molecular formula is C19H24FN7. The summed E-state index contributed by atoms with van der Waals surface area (Å²) in [6, 6.07) is 6.54. The summed E-state index contributed by atoms with van der Waals surface area (Å²) in [4.78, 5) is 19.3. The van der Waals surface area contributed by atoms with Crippen LogP contribution in [-0.4, -0.2) is 33.0 Å². The number of hydrogen-bond donors (Lipinski definition) is 2. The van der Waals surface area contributed by atoms with Gasteiger partial charge in [-0.2, -0.15) is 15.0 Å². The van der Waals surface area contributed by atoms with Gasteiger partial charge in [-0.3, -0.25) is 0 Å². The molecule has 2 aromatic heterocycles. The SMILES string of the molecule is CCN(CC)c1nc2cc(F)ccc2cc1[C@H](C)Nc1nc(C)nc(N)n1. The molecule has 8 heteroatoms. The largest absolute Gasteiger partial charge is 0.368 e. The van der Waals surface area contributed by atoms with Gasteiger partial charge in [0.1, 0.15) is 17.5 Å². The zero-order valence-electron chi connectivity index (χ0n) is 16.0. The minimum atomic E-state index is -0.296. The number of aryl methyl sites for hydroxylation is 1. The molecule has 0 unspecified atom stereocenters. The fourth-order valence-corrected chi connectivity index (χ4v) is 3.08. The van der Waals surface area contributed by atoms with Crippen LogP contribution < -0.4 is 16.0 Å². The van der Waals surface area contributed by atoms with E-state index in [2.05, 4.69) is 39.0 Å². The van der Waals surface area contributed by atoms with Crippen LogP contribution in [0.1, 0.15) is 38.2 Å². The van der Waals surface area contributed by atoms with Crippen molar-refractivity contribution in [1.82, 2.24) is 19.9 Å². The lowest BCUT2D eigenvalue weighted by Gasteiger charge is -2.26. The van der Waals surface area contributed by atoms with Crippen molar-refractivity contribution in [1.29, 1.82) is 0 Å². The Bertz CT molecular complexity index is 936. The average molecular weight is 369 g/mol. The molecule has 0 spiro atoms. The number of hydrogen-bond acceptors (Lipinski definition) is 7. The maximum atomic E-state index is 13.7. The van der Waals surface area contributed by atoms with Gasteiger partial charge in [0.25, 0.3) is 0 Å². The maximum Gasteiger partial charge on any atom is 0.228 e. The van der Waals surface area contributed by atoms with Crippen LogP contribution in [0.3, 0.4) is 0 Å². The summed E-state index contributed by atoms with van der Waals surface area (Å²) in [6.07, 6.45) is 0. The first kappa shape index (κ1) is 18.8. The zero-order chi connectivity index (χ0) is 19.6. The highest BCUT2D eigenvalue weighted by Crippen LogP contribution is 2.30. The van der Waals surface area contributed by atoms with E-state index < -0.39 is 0 Å². The average Bonchev–Trinajstić information content (AvgIpc) is 2.61. The number of benzene rings is 1. The van der Waals surface area contributed by atoms with E-state index in [-0.39, 0.29) is 17.8 Å². The minimum Gasteiger partial charge on any atom is -0.368 e. The molecule has 2 heterocycles. The van der Waals surface area contributed by atoms with E-state index in [4.69, 9.17) is 10.7 Å². The number of rotatable bonds is 6. The Kier molecular flexibility index (Phi) is 5.34. The zero-order valence-corrected chi connectivity index (χ0v) is 16.0. The molecule has 0 saturated carbocycles. The topological polar surface area (TPSA) is 92.9 Å². The Morgan fingerprint density at radius 1 is 1.11 bits per heavy atom. The lowest BCUT2D eigenvalue weighted by Crippen LogP contribution is -2.26. The van der Waals surface area contributed by atoms with Crippen LogP contribution in [0.25, 0.3) is 10.9 Å². The van der Waals surface area contributed by atoms with E-state index in [1.807, 2.05) is 13.0 Å². The van der Waals surface area contributed by atoms with Gasteiger partial charge in [0.05, 0.1) is 11.6 Å². The number of fused-ring (bicyclic) bond motifs is 1. The monoisotopic (exact) mass is 369 g/mol. The molecule has 0 radical (unpaired) electrons. The van der Waals surface area contributed by atoms with Gasteiger partial charge in [-0.1, -0.05) is 0 Å². The molecule has 0 aliphatic rings. The normalized spacial score (nSPS) is 12.2. The van der Waals surface area contributed by atoms with Crippen molar-refractivity contribution in [2.24, 2.45) is 0 Å². The van der Waals surface area contributed by atoms with E-state index in [1.54, 1.807) is 13.0 Å². The second-order valence-corrected chi connectivity index (χ2v) is 6.34. The number of pyridine rings is 1. The summed E-state index contributed by atoms with van der Waals surface area (Å²) in [6.45, 7) is 9.50. The second-order valence-electron chi connectivity index (χ2n) is 6.34. The van der Waals surface area contributed by atoms with Crippen molar-refractivity contribution in [3.8, 4) is 0 Å². The molecule has 0 saturated heterocycles. The van der Waals surface area contributed by atoms with Crippen LogP contribution in [0, 0.1) is 12.7 Å². The first-order valence-electron chi connectivity index (χ1n) is 9.01. The third kappa shape index (κ3) is 4.05. The summed E-state index contributed by atoms with van der Waals surface area (Å²) < 4.78 is 13.7. The Labute approximate surface area is 157 Å². The van der Waals surface area contributed by atoms with Gasteiger partial charge in [0, 0.05) is 30.1 Å². The number of nitrogens with two attached hydrogens (primary N) is 1. The van der Waals surface area contributed by atoms with Crippen LogP contribution in [0.4, 0.5) is 22.1 Å². The summed E-state index contributed by atoms with van der Waals surface area (Å²) in [5.41, 5.74) is 7.34. The predicted molar refractivity (Wildman–Crippen MR) is 106 cm³/mol. The quantitative estimate of drug-likeness (QED) is 0.687. The fraction of sp³-hybridized carbons (Fsp3) is 0.368. The Morgan fingerprint density at radius 2 is 1.85 bits per heavy atom. The van der Waals surface area contributed by atoms with Crippen molar-refractivity contribution < 1.29 is 4.39 Å². The summed E-state index contributed by atoms with van der Waals surface area (Å²) >= 11 is 0. The van der Waals surface area contributed by atoms with Crippen molar-refractivity contribution >= 4 is 28.6 Å². The Hall–Kier alpha value is -3.03. The van der Waals surface area contributed by atoms with Crippen LogP contribution in [-0.2, 0) is 0 Å². The number of anilines is 3. The van der Waals surface area contributed by atoms with Gasteiger partial charge in [-0.25, -0.2) is 9.37 Å². The number of nitrogens with zero attached hydrogens (tertiary/aromatic N) is 5. The van der Waals surface area contributed by atoms with Crippen molar-refractivity contribution in [3.05, 3.63) is 41.5 Å². The number of aromatic nitrogens is 4. The molecule has 0 aliphatic heterocycles. The molecular weight excluding hydrogens is 345 g/mol. The van der Waals surface area contributed by atoms with Gasteiger partial charge in [0.15, 0.2) is 0 Å². The first-order valence-corrected chi connectivity index (χ1v) is 9.01. The van der Waals surface area contributed by atoms with Crippen LogP contribution in [0.2, 0.25) is 0 Å². The van der Waals surface area contributed by atoms with Gasteiger partial charge in [-0.05, 0) is 45.9 Å². The van der Waals surface area contributed by atoms with Gasteiger partial charge >= 0.3 is 0 Å². The Morgan fingerprint density at radius 3 is 2.52 bits per heavy atom. The van der Waals surface area contributed by atoms with Gasteiger partial charge in [0.2, 0.25) is 11.9 Å². The van der Waals surface area contributed by atoms with E-state index in [1.165, 1.54) is 12.1 Å². The lowest BCUT2D eigenvalue weighted by molar-refractivity contribution is 0.629. The number of nitrogens with one attached hydrogen (secondary N) is 1. The van der Waals surface area contributed by atoms with E-state index in [0.717, 1.165) is 29.9 Å². The molecule has 1 aromatic carbocycles. The van der Waals surface area contributed by atoms with Crippen molar-refractivity contribution in [2.45, 2.75) is 33.7 Å². The molecule has 27 heavy (non-hydrogen) atoms. The van der Waals surface area contributed by atoms with Crippen LogP contribution >= 0.6 is 0 Å². The van der Waals surface area contributed by atoms with Gasteiger partial charge < -0.3 is 16.0 Å². The summed E-state index contributed by atoms with van der Waals surface area (Å²) in [5.74, 6) is 1.66. The smallest absolute Gasteiger partial charge is 0.228 e.